The summed E-state index contributed by atoms with van der Waals surface area (Å²) in [5, 5.41) is 5.47. The van der Waals surface area contributed by atoms with E-state index in [0.717, 1.165) is 28.2 Å². The quantitative estimate of drug-likeness (QED) is 0.703. The van der Waals surface area contributed by atoms with Crippen LogP contribution in [-0.2, 0) is 12.8 Å². The van der Waals surface area contributed by atoms with Gasteiger partial charge in [0.2, 0.25) is 0 Å². The smallest absolute Gasteiger partial charge is 0.136 e. The molecule has 0 saturated carbocycles. The Kier molecular flexibility index (Phi) is 3.44. The van der Waals surface area contributed by atoms with Crippen LogP contribution >= 0.6 is 27.5 Å². The number of halogens is 2. The third-order valence-corrected chi connectivity index (χ3v) is 4.48. The lowest BCUT2D eigenvalue weighted by atomic mass is 10.1. The Morgan fingerprint density at radius 1 is 1.11 bits per heavy atom. The number of fused-ring (bicyclic) bond motifs is 1. The second kappa shape index (κ2) is 5.06. The number of rotatable bonds is 1. The molecule has 0 unspecified atom stereocenters. The molecule has 2 nitrogen and oxygen atoms in total. The average Bonchev–Trinajstić information content (AvgIpc) is 2.56. The maximum Gasteiger partial charge on any atom is 0.136 e. The summed E-state index contributed by atoms with van der Waals surface area (Å²) in [6.07, 6.45) is 5.82. The molecule has 18 heavy (non-hydrogen) atoms. The Bertz CT molecular complexity index is 577. The first kappa shape index (κ1) is 12.2. The molecule has 94 valence electrons. The lowest BCUT2D eigenvalue weighted by Crippen LogP contribution is -1.98. The van der Waals surface area contributed by atoms with E-state index in [1.807, 2.05) is 28.9 Å². The number of aryl methyl sites for hydroxylation is 1. The largest absolute Gasteiger partial charge is 0.221 e. The molecule has 0 bridgehead atoms. The van der Waals surface area contributed by atoms with Crippen LogP contribution in [-0.4, -0.2) is 9.78 Å². The Hall–Kier alpha value is -0.800. The molecule has 1 aliphatic carbocycles. The zero-order valence-corrected chi connectivity index (χ0v) is 12.3. The van der Waals surface area contributed by atoms with Crippen molar-refractivity contribution in [2.75, 3.05) is 0 Å². The van der Waals surface area contributed by atoms with Gasteiger partial charge in [-0.15, -0.1) is 0 Å². The minimum Gasteiger partial charge on any atom is -0.221 e. The minimum atomic E-state index is 0.777. The number of hydrogen-bond acceptors (Lipinski definition) is 1. The van der Waals surface area contributed by atoms with Crippen molar-refractivity contribution in [3.63, 3.8) is 0 Å². The summed E-state index contributed by atoms with van der Waals surface area (Å²) >= 11 is 10.1. The first-order valence-electron chi connectivity index (χ1n) is 6.28. The zero-order valence-electron chi connectivity index (χ0n) is 10.00. The zero-order chi connectivity index (χ0) is 12.5. The first-order chi connectivity index (χ1) is 8.77. The fourth-order valence-electron chi connectivity index (χ4n) is 2.47. The summed E-state index contributed by atoms with van der Waals surface area (Å²) in [4.78, 5) is 0. The molecule has 0 spiro atoms. The molecule has 1 aliphatic rings. The van der Waals surface area contributed by atoms with Gasteiger partial charge in [0.25, 0.3) is 0 Å². The molecule has 0 atom stereocenters. The van der Waals surface area contributed by atoms with Gasteiger partial charge in [-0.25, -0.2) is 4.68 Å². The van der Waals surface area contributed by atoms with Gasteiger partial charge in [-0.05, 0) is 53.7 Å². The van der Waals surface area contributed by atoms with Crippen LogP contribution in [0.25, 0.3) is 5.69 Å². The molecule has 3 rings (SSSR count). The van der Waals surface area contributed by atoms with E-state index in [1.54, 1.807) is 0 Å². The number of benzene rings is 1. The highest BCUT2D eigenvalue weighted by atomic mass is 79.9. The van der Waals surface area contributed by atoms with Crippen molar-refractivity contribution in [1.29, 1.82) is 0 Å². The van der Waals surface area contributed by atoms with E-state index in [2.05, 4.69) is 15.9 Å². The predicted octanol–water partition coefficient (Wildman–Crippen LogP) is 4.56. The first-order valence-corrected chi connectivity index (χ1v) is 7.45. The number of para-hydroxylation sites is 1. The SMILES string of the molecule is Clc1c2c(nn1-c1ccccc1Br)CCCCC2. The third kappa shape index (κ3) is 2.10. The molecule has 0 fully saturated rings. The maximum absolute atomic E-state index is 6.50. The van der Waals surface area contributed by atoms with Gasteiger partial charge in [0.1, 0.15) is 5.15 Å². The van der Waals surface area contributed by atoms with E-state index in [1.165, 1.54) is 30.5 Å². The van der Waals surface area contributed by atoms with Gasteiger partial charge in [0.15, 0.2) is 0 Å². The Balaban J connectivity index is 2.12. The van der Waals surface area contributed by atoms with Crippen LogP contribution in [0.1, 0.15) is 30.5 Å². The van der Waals surface area contributed by atoms with Crippen LogP contribution in [0.5, 0.6) is 0 Å². The standard InChI is InChI=1S/C14H14BrClN2/c15-11-7-4-5-9-13(11)18-14(16)10-6-2-1-3-8-12(10)17-18/h4-5,7,9H,1-3,6,8H2. The fourth-order valence-corrected chi connectivity index (χ4v) is 3.26. The highest BCUT2D eigenvalue weighted by Gasteiger charge is 2.19. The van der Waals surface area contributed by atoms with Gasteiger partial charge >= 0.3 is 0 Å². The molecule has 4 heteroatoms. The van der Waals surface area contributed by atoms with Crippen LogP contribution in [0.2, 0.25) is 5.15 Å². The monoisotopic (exact) mass is 324 g/mol. The van der Waals surface area contributed by atoms with Gasteiger partial charge in [0.05, 0.1) is 11.4 Å². The lowest BCUT2D eigenvalue weighted by molar-refractivity contribution is 0.694. The molecule has 1 aromatic carbocycles. The van der Waals surface area contributed by atoms with E-state index in [9.17, 15) is 0 Å². The van der Waals surface area contributed by atoms with Crippen molar-refractivity contribution >= 4 is 27.5 Å². The van der Waals surface area contributed by atoms with Crippen molar-refractivity contribution in [3.05, 3.63) is 45.1 Å². The molecule has 1 heterocycles. The highest BCUT2D eigenvalue weighted by Crippen LogP contribution is 2.31. The molecule has 0 amide bonds. The molecular weight excluding hydrogens is 312 g/mol. The molecular formula is C14H14BrClN2. The van der Waals surface area contributed by atoms with Gasteiger partial charge in [0, 0.05) is 10.0 Å². The summed E-state index contributed by atoms with van der Waals surface area (Å²) in [7, 11) is 0. The highest BCUT2D eigenvalue weighted by molar-refractivity contribution is 9.10. The molecule has 2 aromatic rings. The maximum atomic E-state index is 6.50. The van der Waals surface area contributed by atoms with E-state index in [-0.39, 0.29) is 0 Å². The van der Waals surface area contributed by atoms with Crippen LogP contribution in [0.3, 0.4) is 0 Å². The summed E-state index contributed by atoms with van der Waals surface area (Å²) < 4.78 is 2.88. The van der Waals surface area contributed by atoms with E-state index >= 15 is 0 Å². The summed E-state index contributed by atoms with van der Waals surface area (Å²) in [6, 6.07) is 8.04. The molecule has 0 N–H and O–H groups in total. The molecule has 1 aromatic heterocycles. The average molecular weight is 326 g/mol. The predicted molar refractivity (Wildman–Crippen MR) is 77.5 cm³/mol. The van der Waals surface area contributed by atoms with Gasteiger partial charge in [-0.3, -0.25) is 0 Å². The minimum absolute atomic E-state index is 0.777. The lowest BCUT2D eigenvalue weighted by Gasteiger charge is -2.06. The Morgan fingerprint density at radius 3 is 2.72 bits per heavy atom. The Labute approximate surface area is 120 Å². The third-order valence-electron chi connectivity index (χ3n) is 3.43. The fraction of sp³-hybridized carbons (Fsp3) is 0.357. The normalized spacial score (nSPS) is 15.2. The molecule has 0 saturated heterocycles. The van der Waals surface area contributed by atoms with E-state index in [0.29, 0.717) is 0 Å². The summed E-state index contributed by atoms with van der Waals surface area (Å²) in [5.41, 5.74) is 3.42. The van der Waals surface area contributed by atoms with Crippen LogP contribution in [0.15, 0.2) is 28.7 Å². The van der Waals surface area contributed by atoms with Gasteiger partial charge in [-0.2, -0.15) is 5.10 Å². The van der Waals surface area contributed by atoms with Crippen molar-refractivity contribution < 1.29 is 0 Å². The van der Waals surface area contributed by atoms with Crippen molar-refractivity contribution in [1.82, 2.24) is 9.78 Å². The molecule has 0 aliphatic heterocycles. The van der Waals surface area contributed by atoms with E-state index in [4.69, 9.17) is 16.7 Å². The van der Waals surface area contributed by atoms with E-state index < -0.39 is 0 Å². The number of hydrogen-bond donors (Lipinski definition) is 0. The van der Waals surface area contributed by atoms with Gasteiger partial charge in [-0.1, -0.05) is 30.2 Å². The van der Waals surface area contributed by atoms with Crippen LogP contribution < -0.4 is 0 Å². The van der Waals surface area contributed by atoms with Gasteiger partial charge < -0.3 is 0 Å². The molecule has 0 radical (unpaired) electrons. The van der Waals surface area contributed by atoms with Crippen molar-refractivity contribution in [3.8, 4) is 5.69 Å². The summed E-state index contributed by atoms with van der Waals surface area (Å²) in [6.45, 7) is 0. The van der Waals surface area contributed by atoms with Crippen LogP contribution in [0.4, 0.5) is 0 Å². The van der Waals surface area contributed by atoms with Crippen molar-refractivity contribution in [2.45, 2.75) is 32.1 Å². The van der Waals surface area contributed by atoms with Crippen LogP contribution in [0, 0.1) is 0 Å². The second-order valence-electron chi connectivity index (χ2n) is 4.64. The van der Waals surface area contributed by atoms with Crippen molar-refractivity contribution in [2.24, 2.45) is 0 Å². The number of nitrogens with zero attached hydrogens (tertiary/aromatic N) is 2. The topological polar surface area (TPSA) is 17.8 Å². The summed E-state index contributed by atoms with van der Waals surface area (Å²) in [5.74, 6) is 0. The number of aromatic nitrogens is 2. The second-order valence-corrected chi connectivity index (χ2v) is 5.85. The Morgan fingerprint density at radius 2 is 1.89 bits per heavy atom.